The molecule has 4 heteroatoms. The third kappa shape index (κ3) is 3.39. The van der Waals surface area contributed by atoms with Crippen molar-refractivity contribution in [3.8, 4) is 5.75 Å². The van der Waals surface area contributed by atoms with Gasteiger partial charge < -0.3 is 10.2 Å². The van der Waals surface area contributed by atoms with Gasteiger partial charge in [-0.05, 0) is 48.4 Å². The number of carbonyl (C=O) groups is 1. The maximum atomic E-state index is 10.5. The second kappa shape index (κ2) is 6.10. The maximum Gasteiger partial charge on any atom is 0.303 e. The van der Waals surface area contributed by atoms with Gasteiger partial charge in [0.15, 0.2) is 0 Å². The lowest BCUT2D eigenvalue weighted by atomic mass is 9.93. The van der Waals surface area contributed by atoms with Crippen molar-refractivity contribution in [2.45, 2.75) is 46.0 Å². The average molecular weight is 271 g/mol. The van der Waals surface area contributed by atoms with Crippen LogP contribution in [-0.4, -0.2) is 16.2 Å². The summed E-state index contributed by atoms with van der Waals surface area (Å²) in [6.07, 6.45) is 1.13. The molecule has 0 saturated carbocycles. The smallest absolute Gasteiger partial charge is 0.303 e. The van der Waals surface area contributed by atoms with Crippen LogP contribution < -0.4 is 0 Å². The van der Waals surface area contributed by atoms with Crippen LogP contribution in [0.2, 0.25) is 5.02 Å². The monoisotopic (exact) mass is 270 g/mol. The van der Waals surface area contributed by atoms with Gasteiger partial charge in [-0.3, -0.25) is 4.79 Å². The number of aliphatic carboxylic acids is 1. The summed E-state index contributed by atoms with van der Waals surface area (Å²) in [5, 5.41) is 19.5. The maximum absolute atomic E-state index is 10.5. The first-order valence-corrected chi connectivity index (χ1v) is 6.45. The molecule has 1 rings (SSSR count). The molecule has 0 bridgehead atoms. The summed E-state index contributed by atoms with van der Waals surface area (Å²) >= 11 is 6.15. The Hall–Kier alpha value is -1.22. The minimum Gasteiger partial charge on any atom is -0.507 e. The van der Waals surface area contributed by atoms with E-state index in [4.69, 9.17) is 16.7 Å². The molecule has 0 aliphatic heterocycles. The molecule has 0 spiro atoms. The zero-order valence-corrected chi connectivity index (χ0v) is 11.7. The number of phenolic OH excluding ortho intramolecular Hbond substituents is 1. The van der Waals surface area contributed by atoms with Crippen LogP contribution in [0.25, 0.3) is 0 Å². The highest BCUT2D eigenvalue weighted by atomic mass is 35.5. The van der Waals surface area contributed by atoms with E-state index in [9.17, 15) is 9.90 Å². The molecule has 18 heavy (non-hydrogen) atoms. The van der Waals surface area contributed by atoms with E-state index >= 15 is 0 Å². The molecule has 0 aliphatic carbocycles. The van der Waals surface area contributed by atoms with E-state index < -0.39 is 5.97 Å². The summed E-state index contributed by atoms with van der Waals surface area (Å²) in [5.41, 5.74) is 2.42. The van der Waals surface area contributed by atoms with Crippen molar-refractivity contribution in [1.29, 1.82) is 0 Å². The Morgan fingerprint density at radius 1 is 1.44 bits per heavy atom. The highest BCUT2D eigenvalue weighted by Gasteiger charge is 2.16. The van der Waals surface area contributed by atoms with Gasteiger partial charge in [-0.1, -0.05) is 25.4 Å². The molecule has 0 atom stereocenters. The van der Waals surface area contributed by atoms with E-state index in [-0.39, 0.29) is 18.1 Å². The first kappa shape index (κ1) is 14.8. The van der Waals surface area contributed by atoms with E-state index in [2.05, 4.69) is 0 Å². The zero-order valence-electron chi connectivity index (χ0n) is 11.0. The topological polar surface area (TPSA) is 57.5 Å². The van der Waals surface area contributed by atoms with Crippen molar-refractivity contribution in [2.24, 2.45) is 0 Å². The first-order chi connectivity index (χ1) is 8.34. The minimum absolute atomic E-state index is 0.0996. The molecule has 0 amide bonds. The van der Waals surface area contributed by atoms with Crippen molar-refractivity contribution in [1.82, 2.24) is 0 Å². The van der Waals surface area contributed by atoms with Crippen LogP contribution in [0.15, 0.2) is 6.07 Å². The molecule has 0 aliphatic rings. The van der Waals surface area contributed by atoms with Gasteiger partial charge in [-0.25, -0.2) is 0 Å². The predicted molar refractivity (Wildman–Crippen MR) is 72.5 cm³/mol. The van der Waals surface area contributed by atoms with Gasteiger partial charge in [0.1, 0.15) is 5.75 Å². The van der Waals surface area contributed by atoms with Gasteiger partial charge in [-0.2, -0.15) is 0 Å². The normalized spacial score (nSPS) is 10.9. The van der Waals surface area contributed by atoms with E-state index in [1.54, 1.807) is 6.07 Å². The molecule has 1 aromatic carbocycles. The number of halogens is 1. The Bertz CT molecular complexity index is 453. The van der Waals surface area contributed by atoms with Crippen molar-refractivity contribution in [2.75, 3.05) is 0 Å². The lowest BCUT2D eigenvalue weighted by molar-refractivity contribution is -0.137. The fraction of sp³-hybridized carbons (Fsp3) is 0.500. The van der Waals surface area contributed by atoms with Gasteiger partial charge in [0, 0.05) is 11.4 Å². The second-order valence-electron chi connectivity index (χ2n) is 4.80. The highest BCUT2D eigenvalue weighted by molar-refractivity contribution is 6.31. The van der Waals surface area contributed by atoms with Crippen LogP contribution in [0.1, 0.15) is 49.3 Å². The molecular weight excluding hydrogens is 252 g/mol. The number of hydrogen-bond donors (Lipinski definition) is 2. The van der Waals surface area contributed by atoms with Crippen LogP contribution >= 0.6 is 11.6 Å². The van der Waals surface area contributed by atoms with E-state index in [0.717, 1.165) is 16.7 Å². The Labute approximate surface area is 112 Å². The standard InChI is InChI=1S/C14H19ClO3/c1-8(2)11-7-12(15)9(3)10(14(11)18)5-4-6-13(16)17/h7-8,18H,4-6H2,1-3H3,(H,16,17). The molecule has 0 unspecified atom stereocenters. The molecule has 0 radical (unpaired) electrons. The molecule has 0 saturated heterocycles. The van der Waals surface area contributed by atoms with Crippen LogP contribution in [0, 0.1) is 6.92 Å². The number of carboxylic acids is 1. The molecule has 0 aromatic heterocycles. The molecule has 2 N–H and O–H groups in total. The van der Waals surface area contributed by atoms with Crippen LogP contribution in [-0.2, 0) is 11.2 Å². The van der Waals surface area contributed by atoms with Crippen LogP contribution in [0.3, 0.4) is 0 Å². The van der Waals surface area contributed by atoms with Gasteiger partial charge in [0.25, 0.3) is 0 Å². The molecular formula is C14H19ClO3. The Kier molecular flexibility index (Phi) is 5.03. The number of benzene rings is 1. The first-order valence-electron chi connectivity index (χ1n) is 6.07. The minimum atomic E-state index is -0.821. The lowest BCUT2D eigenvalue weighted by Gasteiger charge is -2.16. The van der Waals surface area contributed by atoms with Crippen molar-refractivity contribution in [3.05, 3.63) is 27.8 Å². The van der Waals surface area contributed by atoms with Crippen molar-refractivity contribution < 1.29 is 15.0 Å². The molecule has 1 aromatic rings. The SMILES string of the molecule is Cc1c(Cl)cc(C(C)C)c(O)c1CCCC(=O)O. The van der Waals surface area contributed by atoms with Crippen LogP contribution in [0.4, 0.5) is 0 Å². The molecule has 0 heterocycles. The van der Waals surface area contributed by atoms with Gasteiger partial charge in [0.2, 0.25) is 0 Å². The summed E-state index contributed by atoms with van der Waals surface area (Å²) in [5.74, 6) is -0.378. The fourth-order valence-corrected chi connectivity index (χ4v) is 2.20. The summed E-state index contributed by atoms with van der Waals surface area (Å²) in [6, 6.07) is 1.79. The van der Waals surface area contributed by atoms with Crippen molar-refractivity contribution in [3.63, 3.8) is 0 Å². The number of phenols is 1. The zero-order chi connectivity index (χ0) is 13.9. The summed E-state index contributed by atoms with van der Waals surface area (Å²) < 4.78 is 0. The largest absolute Gasteiger partial charge is 0.507 e. The van der Waals surface area contributed by atoms with E-state index in [1.165, 1.54) is 0 Å². The average Bonchev–Trinajstić information content (AvgIpc) is 2.27. The lowest BCUT2D eigenvalue weighted by Crippen LogP contribution is -2.00. The number of aromatic hydroxyl groups is 1. The van der Waals surface area contributed by atoms with Gasteiger partial charge in [-0.15, -0.1) is 0 Å². The highest BCUT2D eigenvalue weighted by Crippen LogP contribution is 2.36. The Morgan fingerprint density at radius 2 is 2.06 bits per heavy atom. The fourth-order valence-electron chi connectivity index (χ4n) is 1.97. The molecule has 3 nitrogen and oxygen atoms in total. The summed E-state index contributed by atoms with van der Waals surface area (Å²) in [4.78, 5) is 10.5. The molecule has 0 fully saturated rings. The Balaban J connectivity index is 3.05. The van der Waals surface area contributed by atoms with Gasteiger partial charge >= 0.3 is 5.97 Å². The number of carboxylic acid groups (broad SMARTS) is 1. The molecule has 100 valence electrons. The third-order valence-electron chi connectivity index (χ3n) is 3.09. The predicted octanol–water partition coefficient (Wildman–Crippen LogP) is 3.88. The van der Waals surface area contributed by atoms with E-state index in [0.29, 0.717) is 17.9 Å². The Morgan fingerprint density at radius 3 is 2.56 bits per heavy atom. The van der Waals surface area contributed by atoms with Crippen molar-refractivity contribution >= 4 is 17.6 Å². The summed E-state index contributed by atoms with van der Waals surface area (Å²) in [7, 11) is 0. The van der Waals surface area contributed by atoms with Gasteiger partial charge in [0.05, 0.1) is 0 Å². The van der Waals surface area contributed by atoms with Crippen LogP contribution in [0.5, 0.6) is 5.75 Å². The second-order valence-corrected chi connectivity index (χ2v) is 5.21. The third-order valence-corrected chi connectivity index (χ3v) is 3.48. The summed E-state index contributed by atoms with van der Waals surface area (Å²) in [6.45, 7) is 5.83. The number of rotatable bonds is 5. The van der Waals surface area contributed by atoms with E-state index in [1.807, 2.05) is 20.8 Å². The quantitative estimate of drug-likeness (QED) is 0.853. The number of hydrogen-bond acceptors (Lipinski definition) is 2.